The fraction of sp³-hybridized carbons (Fsp3) is 0.0625. The molecule has 3 rings (SSSR count). The fourth-order valence-corrected chi connectivity index (χ4v) is 2.10. The lowest BCUT2D eigenvalue weighted by atomic mass is 10.1. The number of anilines is 2. The molecule has 116 valence electrons. The van der Waals surface area contributed by atoms with Gasteiger partial charge in [0.15, 0.2) is 11.4 Å². The second-order valence-corrected chi connectivity index (χ2v) is 4.94. The number of amides is 2. The summed E-state index contributed by atoms with van der Waals surface area (Å²) in [5, 5.41) is 5.28. The Morgan fingerprint density at radius 2 is 1.65 bits per heavy atom. The number of hydrogen-bond acceptors (Lipinski definition) is 4. The SMILES string of the molecule is CC(=O)c1ccc(NC(=O)Nc2ccc3[nH]c(=O)oc3c2)cc1. The fourth-order valence-electron chi connectivity index (χ4n) is 2.10. The van der Waals surface area contributed by atoms with E-state index < -0.39 is 11.8 Å². The van der Waals surface area contributed by atoms with Crippen molar-refractivity contribution in [2.75, 3.05) is 10.6 Å². The average Bonchev–Trinajstić information content (AvgIpc) is 2.87. The predicted molar refractivity (Wildman–Crippen MR) is 85.9 cm³/mol. The molecule has 3 aromatic rings. The molecule has 3 N–H and O–H groups in total. The number of ketones is 1. The summed E-state index contributed by atoms with van der Waals surface area (Å²) in [5.41, 5.74) is 2.53. The first-order chi connectivity index (χ1) is 11.0. The number of urea groups is 1. The second kappa shape index (κ2) is 5.80. The van der Waals surface area contributed by atoms with Crippen LogP contribution in [-0.4, -0.2) is 16.8 Å². The van der Waals surface area contributed by atoms with Crippen molar-refractivity contribution in [1.82, 2.24) is 4.98 Å². The van der Waals surface area contributed by atoms with Gasteiger partial charge in [0.05, 0.1) is 5.52 Å². The number of rotatable bonds is 3. The van der Waals surface area contributed by atoms with Gasteiger partial charge in [-0.3, -0.25) is 9.78 Å². The lowest BCUT2D eigenvalue weighted by Gasteiger charge is -2.08. The van der Waals surface area contributed by atoms with Crippen LogP contribution in [0.4, 0.5) is 16.2 Å². The Bertz CT molecular complexity index is 938. The minimum atomic E-state index is -0.549. The van der Waals surface area contributed by atoms with Gasteiger partial charge in [-0.25, -0.2) is 9.59 Å². The molecule has 0 fully saturated rings. The first kappa shape index (κ1) is 14.6. The lowest BCUT2D eigenvalue weighted by Crippen LogP contribution is -2.19. The number of carbonyl (C=O) groups excluding carboxylic acids is 2. The zero-order chi connectivity index (χ0) is 16.4. The predicted octanol–water partition coefficient (Wildman–Crippen LogP) is 2.97. The van der Waals surface area contributed by atoms with Crippen molar-refractivity contribution in [1.29, 1.82) is 0 Å². The first-order valence-corrected chi connectivity index (χ1v) is 6.83. The average molecular weight is 311 g/mol. The zero-order valence-electron chi connectivity index (χ0n) is 12.2. The molecule has 23 heavy (non-hydrogen) atoms. The Balaban J connectivity index is 1.70. The number of benzene rings is 2. The largest absolute Gasteiger partial charge is 0.417 e. The summed E-state index contributed by atoms with van der Waals surface area (Å²) >= 11 is 0. The van der Waals surface area contributed by atoms with Crippen molar-refractivity contribution < 1.29 is 14.0 Å². The quantitative estimate of drug-likeness (QED) is 0.647. The number of nitrogens with one attached hydrogen (secondary N) is 3. The summed E-state index contributed by atoms with van der Waals surface area (Å²) in [5.74, 6) is -0.588. The summed E-state index contributed by atoms with van der Waals surface area (Å²) in [4.78, 5) is 36.8. The smallest absolute Gasteiger partial charge is 0.408 e. The van der Waals surface area contributed by atoms with Crippen LogP contribution in [0.25, 0.3) is 11.1 Å². The van der Waals surface area contributed by atoms with Crippen LogP contribution in [-0.2, 0) is 0 Å². The maximum Gasteiger partial charge on any atom is 0.417 e. The van der Waals surface area contributed by atoms with Gasteiger partial charge in [-0.05, 0) is 43.3 Å². The minimum Gasteiger partial charge on any atom is -0.408 e. The summed E-state index contributed by atoms with van der Waals surface area (Å²) in [7, 11) is 0. The normalized spacial score (nSPS) is 10.5. The third-order valence-electron chi connectivity index (χ3n) is 3.23. The number of H-pyrrole nitrogens is 1. The summed E-state index contributed by atoms with van der Waals surface area (Å²) in [6.07, 6.45) is 0. The number of carbonyl (C=O) groups is 2. The maximum absolute atomic E-state index is 12.0. The topological polar surface area (TPSA) is 104 Å². The Labute approximate surface area is 130 Å². The molecule has 1 aromatic heterocycles. The van der Waals surface area contributed by atoms with E-state index in [-0.39, 0.29) is 5.78 Å². The second-order valence-electron chi connectivity index (χ2n) is 4.94. The van der Waals surface area contributed by atoms with Crippen molar-refractivity contribution in [2.24, 2.45) is 0 Å². The number of oxazole rings is 1. The minimum absolute atomic E-state index is 0.0395. The molecule has 0 atom stereocenters. The van der Waals surface area contributed by atoms with E-state index in [4.69, 9.17) is 4.42 Å². The molecule has 0 aliphatic rings. The molecule has 0 saturated carbocycles. The van der Waals surface area contributed by atoms with Crippen LogP contribution in [0.1, 0.15) is 17.3 Å². The van der Waals surface area contributed by atoms with E-state index in [1.165, 1.54) is 6.92 Å². The highest BCUT2D eigenvalue weighted by Gasteiger charge is 2.06. The van der Waals surface area contributed by atoms with Gasteiger partial charge in [0.1, 0.15) is 0 Å². The molecule has 2 aromatic carbocycles. The highest BCUT2D eigenvalue weighted by atomic mass is 16.4. The van der Waals surface area contributed by atoms with E-state index >= 15 is 0 Å². The van der Waals surface area contributed by atoms with Crippen molar-refractivity contribution in [2.45, 2.75) is 6.92 Å². The lowest BCUT2D eigenvalue weighted by molar-refractivity contribution is 0.101. The molecular formula is C16H13N3O4. The van der Waals surface area contributed by atoms with E-state index in [0.717, 1.165) is 0 Å². The summed E-state index contributed by atoms with van der Waals surface area (Å²) < 4.78 is 4.93. The molecule has 0 bridgehead atoms. The van der Waals surface area contributed by atoms with E-state index in [1.54, 1.807) is 42.5 Å². The molecule has 2 amide bonds. The molecule has 0 aliphatic heterocycles. The van der Waals surface area contributed by atoms with Crippen molar-refractivity contribution in [3.05, 3.63) is 58.6 Å². The third-order valence-corrected chi connectivity index (χ3v) is 3.23. The van der Waals surface area contributed by atoms with Gasteiger partial charge in [-0.1, -0.05) is 0 Å². The molecule has 0 unspecified atom stereocenters. The van der Waals surface area contributed by atoms with Crippen LogP contribution in [0.5, 0.6) is 0 Å². The number of Topliss-reactive ketones (excluding diaryl/α,β-unsaturated/α-hetero) is 1. The molecule has 0 spiro atoms. The molecule has 7 heteroatoms. The Morgan fingerprint density at radius 3 is 2.35 bits per heavy atom. The van der Waals surface area contributed by atoms with Gasteiger partial charge in [-0.2, -0.15) is 0 Å². The van der Waals surface area contributed by atoms with Gasteiger partial charge < -0.3 is 15.1 Å². The molecule has 1 heterocycles. The van der Waals surface area contributed by atoms with E-state index in [1.807, 2.05) is 0 Å². The molecule has 0 saturated heterocycles. The molecule has 0 aliphatic carbocycles. The Hall–Kier alpha value is -3.35. The van der Waals surface area contributed by atoms with Gasteiger partial charge in [0.25, 0.3) is 0 Å². The standard InChI is InChI=1S/C16H13N3O4/c1-9(20)10-2-4-11(5-3-10)17-15(21)18-12-6-7-13-14(8-12)23-16(22)19-13/h2-8H,1H3,(H,19,22)(H2,17,18,21). The van der Waals surface area contributed by atoms with E-state index in [2.05, 4.69) is 15.6 Å². The van der Waals surface area contributed by atoms with Gasteiger partial charge >= 0.3 is 11.8 Å². The highest BCUT2D eigenvalue weighted by molar-refractivity contribution is 6.01. The zero-order valence-corrected chi connectivity index (χ0v) is 12.2. The van der Waals surface area contributed by atoms with Crippen molar-refractivity contribution >= 4 is 34.3 Å². The van der Waals surface area contributed by atoms with Crippen molar-refractivity contribution in [3.63, 3.8) is 0 Å². The Morgan fingerprint density at radius 1 is 1.00 bits per heavy atom. The first-order valence-electron chi connectivity index (χ1n) is 6.83. The van der Waals surface area contributed by atoms with Crippen LogP contribution in [0, 0.1) is 0 Å². The number of aromatic amines is 1. The van der Waals surface area contributed by atoms with Gasteiger partial charge in [-0.15, -0.1) is 0 Å². The number of fused-ring (bicyclic) bond motifs is 1. The molecule has 0 radical (unpaired) electrons. The number of hydrogen-bond donors (Lipinski definition) is 3. The van der Waals surface area contributed by atoms with E-state index in [0.29, 0.717) is 28.0 Å². The summed E-state index contributed by atoms with van der Waals surface area (Å²) in [6.45, 7) is 1.48. The molecule has 7 nitrogen and oxygen atoms in total. The van der Waals surface area contributed by atoms with Crippen LogP contribution >= 0.6 is 0 Å². The van der Waals surface area contributed by atoms with Crippen LogP contribution in [0.2, 0.25) is 0 Å². The highest BCUT2D eigenvalue weighted by Crippen LogP contribution is 2.17. The van der Waals surface area contributed by atoms with Crippen molar-refractivity contribution in [3.8, 4) is 0 Å². The van der Waals surface area contributed by atoms with Gasteiger partial charge in [0, 0.05) is 23.0 Å². The molecular weight excluding hydrogens is 298 g/mol. The van der Waals surface area contributed by atoms with Gasteiger partial charge in [0.2, 0.25) is 0 Å². The summed E-state index contributed by atoms with van der Waals surface area (Å²) in [6, 6.07) is 10.9. The maximum atomic E-state index is 12.0. The third kappa shape index (κ3) is 3.29. The van der Waals surface area contributed by atoms with Crippen LogP contribution in [0.3, 0.4) is 0 Å². The van der Waals surface area contributed by atoms with Crippen LogP contribution in [0.15, 0.2) is 51.7 Å². The van der Waals surface area contributed by atoms with Crippen LogP contribution < -0.4 is 16.4 Å². The van der Waals surface area contributed by atoms with E-state index in [9.17, 15) is 14.4 Å². The Kier molecular flexibility index (Phi) is 3.68. The monoisotopic (exact) mass is 311 g/mol. The number of aromatic nitrogens is 1.